The van der Waals surface area contributed by atoms with Crippen LogP contribution in [0.5, 0.6) is 0 Å². The quantitative estimate of drug-likeness (QED) is 0.301. The van der Waals surface area contributed by atoms with E-state index >= 15 is 0 Å². The van der Waals surface area contributed by atoms with Crippen molar-refractivity contribution in [3.8, 4) is 0 Å². The number of unbranched alkanes of at least 4 members (excludes halogenated alkanes) is 1. The number of esters is 1. The predicted molar refractivity (Wildman–Crippen MR) is 59.4 cm³/mol. The van der Waals surface area contributed by atoms with Crippen molar-refractivity contribution in [3.05, 3.63) is 24.8 Å². The van der Waals surface area contributed by atoms with Crippen molar-refractivity contribution in [1.82, 2.24) is 0 Å². The number of aliphatic hydroxyl groups excluding tert-OH is 2. The molecule has 0 aliphatic heterocycles. The van der Waals surface area contributed by atoms with Gasteiger partial charge in [0, 0.05) is 12.2 Å². The van der Waals surface area contributed by atoms with Crippen molar-refractivity contribution in [2.24, 2.45) is 0 Å². The molecule has 0 amide bonds. The van der Waals surface area contributed by atoms with Gasteiger partial charge in [-0.05, 0) is 19.3 Å². The van der Waals surface area contributed by atoms with Crippen molar-refractivity contribution < 1.29 is 19.7 Å². The standard InChI is InChI=1S/C8H14O3.C3H6O/c1-7(8(10)11-2)5-3-4-6-9;1-2-3-4/h9H,1,3-6H2,2H3;2,4H,1,3H2. The van der Waals surface area contributed by atoms with Gasteiger partial charge in [-0.25, -0.2) is 4.79 Å². The summed E-state index contributed by atoms with van der Waals surface area (Å²) < 4.78 is 4.44. The summed E-state index contributed by atoms with van der Waals surface area (Å²) >= 11 is 0. The van der Waals surface area contributed by atoms with Gasteiger partial charge in [-0.3, -0.25) is 0 Å². The summed E-state index contributed by atoms with van der Waals surface area (Å²) in [5, 5.41) is 16.2. The Morgan fingerprint density at radius 2 is 1.93 bits per heavy atom. The van der Waals surface area contributed by atoms with E-state index in [9.17, 15) is 4.79 Å². The van der Waals surface area contributed by atoms with Gasteiger partial charge in [0.05, 0.1) is 13.7 Å². The van der Waals surface area contributed by atoms with E-state index in [0.717, 1.165) is 6.42 Å². The van der Waals surface area contributed by atoms with Crippen LogP contribution in [0, 0.1) is 0 Å². The number of hydrogen-bond donors (Lipinski definition) is 2. The van der Waals surface area contributed by atoms with Crippen LogP contribution in [0.2, 0.25) is 0 Å². The molecular formula is C11H20O4. The lowest BCUT2D eigenvalue weighted by Gasteiger charge is -2.01. The Balaban J connectivity index is 0. The third kappa shape index (κ3) is 12.9. The lowest BCUT2D eigenvalue weighted by atomic mass is 10.1. The van der Waals surface area contributed by atoms with E-state index in [4.69, 9.17) is 10.2 Å². The highest BCUT2D eigenvalue weighted by Crippen LogP contribution is 2.05. The van der Waals surface area contributed by atoms with E-state index in [1.807, 2.05) is 0 Å². The fourth-order valence-corrected chi connectivity index (χ4v) is 0.697. The van der Waals surface area contributed by atoms with Crippen molar-refractivity contribution in [3.63, 3.8) is 0 Å². The lowest BCUT2D eigenvalue weighted by Crippen LogP contribution is -2.03. The Morgan fingerprint density at radius 3 is 2.27 bits per heavy atom. The number of ether oxygens (including phenoxy) is 1. The molecule has 0 radical (unpaired) electrons. The highest BCUT2D eigenvalue weighted by Gasteiger charge is 2.04. The largest absolute Gasteiger partial charge is 0.466 e. The van der Waals surface area contributed by atoms with Gasteiger partial charge in [0.15, 0.2) is 0 Å². The Morgan fingerprint density at radius 1 is 1.40 bits per heavy atom. The first-order chi connectivity index (χ1) is 7.13. The molecule has 0 unspecified atom stereocenters. The average molecular weight is 216 g/mol. The van der Waals surface area contributed by atoms with E-state index in [1.165, 1.54) is 13.2 Å². The molecule has 88 valence electrons. The first-order valence-corrected chi connectivity index (χ1v) is 4.72. The smallest absolute Gasteiger partial charge is 0.333 e. The second-order valence-corrected chi connectivity index (χ2v) is 2.75. The first-order valence-electron chi connectivity index (χ1n) is 4.72. The first kappa shape index (κ1) is 16.3. The van der Waals surface area contributed by atoms with Crippen LogP contribution in [0.1, 0.15) is 19.3 Å². The Hall–Kier alpha value is -1.13. The number of rotatable bonds is 6. The van der Waals surface area contributed by atoms with Crippen LogP contribution < -0.4 is 0 Å². The zero-order valence-electron chi connectivity index (χ0n) is 9.24. The Kier molecular flexibility index (Phi) is 14.0. The van der Waals surface area contributed by atoms with Crippen molar-refractivity contribution in [2.75, 3.05) is 20.3 Å². The normalized spacial score (nSPS) is 8.47. The second-order valence-electron chi connectivity index (χ2n) is 2.75. The minimum Gasteiger partial charge on any atom is -0.466 e. The maximum atomic E-state index is 10.7. The second kappa shape index (κ2) is 12.9. The summed E-state index contributed by atoms with van der Waals surface area (Å²) in [6.45, 7) is 7.01. The molecule has 4 heteroatoms. The van der Waals surface area contributed by atoms with Crippen molar-refractivity contribution in [2.45, 2.75) is 19.3 Å². The predicted octanol–water partition coefficient (Wildman–Crippen LogP) is 1.04. The van der Waals surface area contributed by atoms with Crippen LogP contribution in [-0.4, -0.2) is 36.5 Å². The highest BCUT2D eigenvalue weighted by atomic mass is 16.5. The monoisotopic (exact) mass is 216 g/mol. The maximum absolute atomic E-state index is 10.7. The minimum atomic E-state index is -0.358. The van der Waals surface area contributed by atoms with E-state index in [2.05, 4.69) is 17.9 Å². The number of hydrogen-bond acceptors (Lipinski definition) is 4. The van der Waals surface area contributed by atoms with Crippen molar-refractivity contribution >= 4 is 5.97 Å². The molecule has 0 aromatic heterocycles. The summed E-state index contributed by atoms with van der Waals surface area (Å²) in [6.07, 6.45) is 3.52. The summed E-state index contributed by atoms with van der Waals surface area (Å²) in [7, 11) is 1.33. The summed E-state index contributed by atoms with van der Waals surface area (Å²) in [6, 6.07) is 0. The zero-order chi connectivity index (χ0) is 12.1. The Labute approximate surface area is 90.9 Å². The third-order valence-corrected chi connectivity index (χ3v) is 1.49. The van der Waals surface area contributed by atoms with Crippen LogP contribution in [0.25, 0.3) is 0 Å². The van der Waals surface area contributed by atoms with E-state index in [-0.39, 0.29) is 19.2 Å². The molecule has 0 rings (SSSR count). The molecule has 0 spiro atoms. The number of carbonyl (C=O) groups is 1. The third-order valence-electron chi connectivity index (χ3n) is 1.49. The molecule has 0 saturated heterocycles. The highest BCUT2D eigenvalue weighted by molar-refractivity contribution is 5.87. The van der Waals surface area contributed by atoms with Gasteiger partial charge in [-0.1, -0.05) is 12.7 Å². The van der Waals surface area contributed by atoms with E-state index < -0.39 is 0 Å². The zero-order valence-corrected chi connectivity index (χ0v) is 9.24. The number of carbonyl (C=O) groups excluding carboxylic acids is 1. The van der Waals surface area contributed by atoms with E-state index in [0.29, 0.717) is 18.4 Å². The Bertz CT molecular complexity index is 187. The molecule has 0 aromatic rings. The van der Waals surface area contributed by atoms with Crippen LogP contribution in [-0.2, 0) is 9.53 Å². The van der Waals surface area contributed by atoms with Crippen LogP contribution in [0.4, 0.5) is 0 Å². The molecule has 0 aliphatic rings. The van der Waals surface area contributed by atoms with Gasteiger partial charge >= 0.3 is 5.97 Å². The molecule has 0 atom stereocenters. The van der Waals surface area contributed by atoms with Gasteiger partial charge < -0.3 is 14.9 Å². The molecule has 0 saturated carbocycles. The van der Waals surface area contributed by atoms with Gasteiger partial charge in [0.25, 0.3) is 0 Å². The molecular weight excluding hydrogens is 196 g/mol. The van der Waals surface area contributed by atoms with Gasteiger partial charge in [-0.2, -0.15) is 0 Å². The molecule has 0 aliphatic carbocycles. The van der Waals surface area contributed by atoms with Gasteiger partial charge in [-0.15, -0.1) is 6.58 Å². The minimum absolute atomic E-state index is 0.0833. The molecule has 4 nitrogen and oxygen atoms in total. The molecule has 0 fully saturated rings. The maximum Gasteiger partial charge on any atom is 0.333 e. The van der Waals surface area contributed by atoms with Crippen LogP contribution >= 0.6 is 0 Å². The molecule has 2 N–H and O–H groups in total. The van der Waals surface area contributed by atoms with Gasteiger partial charge in [0.1, 0.15) is 0 Å². The average Bonchev–Trinajstić information content (AvgIpc) is 2.28. The molecule has 0 heterocycles. The topological polar surface area (TPSA) is 66.8 Å². The fourth-order valence-electron chi connectivity index (χ4n) is 0.697. The fraction of sp³-hybridized carbons (Fsp3) is 0.545. The molecule has 15 heavy (non-hydrogen) atoms. The summed E-state index contributed by atoms with van der Waals surface area (Å²) in [5.74, 6) is -0.358. The molecule has 0 bridgehead atoms. The number of methoxy groups -OCH3 is 1. The van der Waals surface area contributed by atoms with Crippen molar-refractivity contribution in [1.29, 1.82) is 0 Å². The van der Waals surface area contributed by atoms with Crippen LogP contribution in [0.3, 0.4) is 0 Å². The molecule has 0 aromatic carbocycles. The van der Waals surface area contributed by atoms with E-state index in [1.54, 1.807) is 0 Å². The van der Waals surface area contributed by atoms with Gasteiger partial charge in [0.2, 0.25) is 0 Å². The van der Waals surface area contributed by atoms with Crippen LogP contribution in [0.15, 0.2) is 24.8 Å². The SMILES string of the molecule is C=C(CCCCO)C(=O)OC.C=CCO. The summed E-state index contributed by atoms with van der Waals surface area (Å²) in [5.41, 5.74) is 0.473. The lowest BCUT2D eigenvalue weighted by molar-refractivity contribution is -0.136. The number of aliphatic hydroxyl groups is 2. The summed E-state index contributed by atoms with van der Waals surface area (Å²) in [4.78, 5) is 10.7.